The van der Waals surface area contributed by atoms with E-state index in [0.29, 0.717) is 16.7 Å². The third-order valence-corrected chi connectivity index (χ3v) is 5.74. The maximum atomic E-state index is 12.8. The molecular weight excluding hydrogens is 452 g/mol. The van der Waals surface area contributed by atoms with Gasteiger partial charge in [0.25, 0.3) is 5.91 Å². The van der Waals surface area contributed by atoms with Crippen molar-refractivity contribution in [2.45, 2.75) is 33.8 Å². The number of amides is 1. The molecule has 0 aliphatic carbocycles. The largest absolute Gasteiger partial charge is 0.462 e. The Morgan fingerprint density at radius 2 is 1.79 bits per heavy atom. The number of fused-ring (bicyclic) bond motifs is 1. The molecule has 10 nitrogen and oxygen atoms in total. The fourth-order valence-electron chi connectivity index (χ4n) is 2.98. The van der Waals surface area contributed by atoms with E-state index < -0.39 is 29.9 Å². The molecular formula is C22H22N2O8S. The fourth-order valence-corrected chi connectivity index (χ4v) is 4.08. The van der Waals surface area contributed by atoms with Gasteiger partial charge in [0.1, 0.15) is 15.4 Å². The molecule has 1 N–H and O–H groups in total. The van der Waals surface area contributed by atoms with Gasteiger partial charge in [-0.2, -0.15) is 0 Å². The third kappa shape index (κ3) is 5.03. The van der Waals surface area contributed by atoms with Gasteiger partial charge in [0, 0.05) is 0 Å². The molecule has 1 amide bonds. The zero-order valence-corrected chi connectivity index (χ0v) is 19.2. The Labute approximate surface area is 192 Å². The zero-order chi connectivity index (χ0) is 24.1. The first-order chi connectivity index (χ1) is 15.8. The van der Waals surface area contributed by atoms with Crippen LogP contribution in [0.15, 0.2) is 29.0 Å². The maximum absolute atomic E-state index is 12.8. The highest BCUT2D eigenvalue weighted by molar-refractivity contribution is 7.18. The molecule has 3 rings (SSSR count). The van der Waals surface area contributed by atoms with Crippen molar-refractivity contribution >= 4 is 51.3 Å². The Bertz CT molecular complexity index is 1210. The third-order valence-electron chi connectivity index (χ3n) is 4.56. The minimum atomic E-state index is -1.22. The molecule has 2 heterocycles. The first-order valence-corrected chi connectivity index (χ1v) is 10.9. The predicted molar refractivity (Wildman–Crippen MR) is 118 cm³/mol. The molecule has 0 saturated heterocycles. The lowest BCUT2D eigenvalue weighted by Crippen LogP contribution is -2.30. The number of carbonyl (C=O) groups excluding carboxylic acids is 4. The number of nitrogens with zero attached hydrogens (tertiary/aromatic N) is 1. The van der Waals surface area contributed by atoms with Gasteiger partial charge >= 0.3 is 17.9 Å². The molecule has 0 bridgehead atoms. The van der Waals surface area contributed by atoms with Crippen LogP contribution in [-0.2, 0) is 19.0 Å². The number of ether oxygens (including phenoxy) is 3. The van der Waals surface area contributed by atoms with Crippen LogP contribution in [0.4, 0.5) is 5.00 Å². The average molecular weight is 474 g/mol. The topological polar surface area (TPSA) is 134 Å². The second-order valence-corrected chi connectivity index (χ2v) is 7.76. The summed E-state index contributed by atoms with van der Waals surface area (Å²) in [5, 5.41) is 2.65. The summed E-state index contributed by atoms with van der Waals surface area (Å²) >= 11 is 0.882. The minimum absolute atomic E-state index is 0.0455. The lowest BCUT2D eigenvalue weighted by Gasteiger charge is -2.14. The number of hydrogen-bond donors (Lipinski definition) is 1. The quantitative estimate of drug-likeness (QED) is 0.383. The summed E-state index contributed by atoms with van der Waals surface area (Å²) in [6.45, 7) is 6.50. The Morgan fingerprint density at radius 1 is 1.09 bits per heavy atom. The van der Waals surface area contributed by atoms with E-state index in [9.17, 15) is 19.2 Å². The van der Waals surface area contributed by atoms with Crippen LogP contribution in [0.5, 0.6) is 0 Å². The van der Waals surface area contributed by atoms with E-state index in [-0.39, 0.29) is 34.2 Å². The van der Waals surface area contributed by atoms with Crippen molar-refractivity contribution in [2.75, 3.05) is 18.5 Å². The van der Waals surface area contributed by atoms with Gasteiger partial charge in [-0.1, -0.05) is 6.07 Å². The molecule has 1 atom stereocenters. The second kappa shape index (κ2) is 10.3. The van der Waals surface area contributed by atoms with Crippen LogP contribution in [0.25, 0.3) is 11.1 Å². The van der Waals surface area contributed by atoms with E-state index in [1.54, 1.807) is 32.9 Å². The number of thiophene rings is 1. The van der Waals surface area contributed by atoms with Gasteiger partial charge in [-0.25, -0.2) is 19.4 Å². The molecule has 0 fully saturated rings. The number of anilines is 1. The standard InChI is InChI=1S/C22H22N2O8S/c1-5-29-21(27)15-11(3)17(22(28)30-6-2)33-19(15)24-18(25)12(4)32-20(26)13-8-7-9-14-16(13)23-10-31-14/h7-10,12H,5-6H2,1-4H3,(H,24,25). The minimum Gasteiger partial charge on any atom is -0.462 e. The van der Waals surface area contributed by atoms with Crippen molar-refractivity contribution < 1.29 is 37.8 Å². The maximum Gasteiger partial charge on any atom is 0.348 e. The second-order valence-electron chi connectivity index (χ2n) is 6.74. The SMILES string of the molecule is CCOC(=O)c1sc(NC(=O)C(C)OC(=O)c2cccc3ocnc23)c(C(=O)OCC)c1C. The monoisotopic (exact) mass is 474 g/mol. The van der Waals surface area contributed by atoms with Crippen LogP contribution in [-0.4, -0.2) is 48.1 Å². The molecule has 0 saturated carbocycles. The molecule has 0 radical (unpaired) electrons. The van der Waals surface area contributed by atoms with Crippen molar-refractivity contribution in [3.05, 3.63) is 46.2 Å². The van der Waals surface area contributed by atoms with Gasteiger partial charge in [0.05, 0.1) is 24.3 Å². The number of rotatable bonds is 8. The summed E-state index contributed by atoms with van der Waals surface area (Å²) in [6.07, 6.45) is -0.0162. The molecule has 0 spiro atoms. The predicted octanol–water partition coefficient (Wildman–Crippen LogP) is 3.74. The number of carbonyl (C=O) groups is 4. The Morgan fingerprint density at radius 3 is 2.48 bits per heavy atom. The number of oxazole rings is 1. The molecule has 33 heavy (non-hydrogen) atoms. The van der Waals surface area contributed by atoms with Gasteiger partial charge < -0.3 is 23.9 Å². The number of nitrogens with one attached hydrogen (secondary N) is 1. The lowest BCUT2D eigenvalue weighted by molar-refractivity contribution is -0.123. The zero-order valence-electron chi connectivity index (χ0n) is 18.4. The van der Waals surface area contributed by atoms with Gasteiger partial charge in [-0.3, -0.25) is 4.79 Å². The number of benzene rings is 1. The van der Waals surface area contributed by atoms with Gasteiger partial charge in [-0.15, -0.1) is 11.3 Å². The van der Waals surface area contributed by atoms with Crippen LogP contribution in [0.1, 0.15) is 56.7 Å². The summed E-state index contributed by atoms with van der Waals surface area (Å²) in [7, 11) is 0. The van der Waals surface area contributed by atoms with E-state index in [0.717, 1.165) is 11.3 Å². The van der Waals surface area contributed by atoms with Crippen LogP contribution >= 0.6 is 11.3 Å². The van der Waals surface area contributed by atoms with E-state index in [1.165, 1.54) is 19.4 Å². The highest BCUT2D eigenvalue weighted by Gasteiger charge is 2.29. The van der Waals surface area contributed by atoms with Crippen molar-refractivity contribution in [2.24, 2.45) is 0 Å². The van der Waals surface area contributed by atoms with Gasteiger partial charge in [-0.05, 0) is 45.4 Å². The highest BCUT2D eigenvalue weighted by atomic mass is 32.1. The normalized spacial score (nSPS) is 11.6. The number of hydrogen-bond acceptors (Lipinski definition) is 10. The van der Waals surface area contributed by atoms with Crippen LogP contribution in [0.3, 0.4) is 0 Å². The first-order valence-electron chi connectivity index (χ1n) is 10.1. The molecule has 0 aliphatic rings. The Kier molecular flexibility index (Phi) is 7.44. The van der Waals surface area contributed by atoms with E-state index in [4.69, 9.17) is 18.6 Å². The van der Waals surface area contributed by atoms with Gasteiger partial charge in [0.15, 0.2) is 18.1 Å². The fraction of sp³-hybridized carbons (Fsp3) is 0.318. The van der Waals surface area contributed by atoms with Crippen LogP contribution < -0.4 is 5.32 Å². The Balaban J connectivity index is 1.81. The Hall–Kier alpha value is -3.73. The first kappa shape index (κ1) is 23.9. The summed E-state index contributed by atoms with van der Waals surface area (Å²) < 4.78 is 20.5. The van der Waals surface area contributed by atoms with Crippen LogP contribution in [0, 0.1) is 6.92 Å². The molecule has 2 aromatic heterocycles. The summed E-state index contributed by atoms with van der Waals surface area (Å²) in [5.41, 5.74) is 1.23. The molecule has 3 aromatic rings. The summed E-state index contributed by atoms with van der Waals surface area (Å²) in [6, 6.07) is 4.75. The summed E-state index contributed by atoms with van der Waals surface area (Å²) in [4.78, 5) is 54.2. The number of para-hydroxylation sites is 1. The van der Waals surface area contributed by atoms with Crippen molar-refractivity contribution in [1.29, 1.82) is 0 Å². The molecule has 1 unspecified atom stereocenters. The molecule has 1 aromatic carbocycles. The molecule has 11 heteroatoms. The number of aromatic nitrogens is 1. The van der Waals surface area contributed by atoms with Gasteiger partial charge in [0.2, 0.25) is 0 Å². The van der Waals surface area contributed by atoms with E-state index >= 15 is 0 Å². The highest BCUT2D eigenvalue weighted by Crippen LogP contribution is 2.34. The smallest absolute Gasteiger partial charge is 0.348 e. The van der Waals surface area contributed by atoms with Crippen LogP contribution in [0.2, 0.25) is 0 Å². The number of esters is 3. The average Bonchev–Trinajstić information content (AvgIpc) is 3.38. The van der Waals surface area contributed by atoms with E-state index in [2.05, 4.69) is 10.3 Å². The van der Waals surface area contributed by atoms with Crippen molar-refractivity contribution in [3.63, 3.8) is 0 Å². The van der Waals surface area contributed by atoms with Crippen molar-refractivity contribution in [1.82, 2.24) is 4.98 Å². The van der Waals surface area contributed by atoms with Crippen molar-refractivity contribution in [3.8, 4) is 0 Å². The molecule has 0 aliphatic heterocycles. The lowest BCUT2D eigenvalue weighted by atomic mass is 10.1. The molecule has 174 valence electrons. The summed E-state index contributed by atoms with van der Waals surface area (Å²) in [5.74, 6) is -2.78. The van der Waals surface area contributed by atoms with E-state index in [1.807, 2.05) is 0 Å².